The van der Waals surface area contributed by atoms with Gasteiger partial charge in [-0.15, -0.1) is 0 Å². The first kappa shape index (κ1) is 17.1. The van der Waals surface area contributed by atoms with E-state index in [9.17, 15) is 0 Å². The standard InChI is InChI=1S/C19H13Br2N3O2/c1-25-18-12(9-13(20)10-14(18)21)11-22-19-17(15-5-4-8-26-15)23-16-6-2-3-7-24(16)19/h2-11H,1H3. The summed E-state index contributed by atoms with van der Waals surface area (Å²) in [5, 5.41) is 0. The van der Waals surface area contributed by atoms with Gasteiger partial charge >= 0.3 is 0 Å². The predicted molar refractivity (Wildman–Crippen MR) is 109 cm³/mol. The molecule has 4 rings (SSSR count). The molecule has 0 saturated carbocycles. The van der Waals surface area contributed by atoms with Crippen molar-refractivity contribution in [2.24, 2.45) is 4.99 Å². The fourth-order valence-corrected chi connectivity index (χ4v) is 4.13. The highest BCUT2D eigenvalue weighted by molar-refractivity contribution is 9.11. The van der Waals surface area contributed by atoms with Crippen molar-refractivity contribution in [1.82, 2.24) is 9.38 Å². The zero-order valence-electron chi connectivity index (χ0n) is 13.7. The van der Waals surface area contributed by atoms with Crippen LogP contribution in [-0.2, 0) is 0 Å². The number of aromatic nitrogens is 2. The summed E-state index contributed by atoms with van der Waals surface area (Å²) in [5.74, 6) is 2.07. The maximum absolute atomic E-state index is 5.54. The first-order valence-electron chi connectivity index (χ1n) is 7.75. The average molecular weight is 475 g/mol. The largest absolute Gasteiger partial charge is 0.495 e. The SMILES string of the molecule is COc1c(Br)cc(Br)cc1C=Nc1c(-c2ccco2)nc2ccccn12. The summed E-state index contributed by atoms with van der Waals surface area (Å²) in [7, 11) is 1.63. The first-order chi connectivity index (χ1) is 12.7. The molecule has 0 spiro atoms. The Kier molecular flexibility index (Phi) is 4.65. The summed E-state index contributed by atoms with van der Waals surface area (Å²) in [6.45, 7) is 0. The third-order valence-electron chi connectivity index (χ3n) is 3.83. The van der Waals surface area contributed by atoms with E-state index in [0.717, 1.165) is 20.2 Å². The summed E-state index contributed by atoms with van der Waals surface area (Å²) in [6.07, 6.45) is 5.31. The van der Waals surface area contributed by atoms with E-state index in [2.05, 4.69) is 36.8 Å². The number of fused-ring (bicyclic) bond motifs is 1. The number of ether oxygens (including phenoxy) is 1. The number of methoxy groups -OCH3 is 1. The Morgan fingerprint density at radius 2 is 2.08 bits per heavy atom. The Balaban J connectivity index is 1.88. The van der Waals surface area contributed by atoms with Crippen molar-refractivity contribution in [3.05, 3.63) is 69.4 Å². The number of halogens is 2. The van der Waals surface area contributed by atoms with Gasteiger partial charge in [0.25, 0.3) is 0 Å². The lowest BCUT2D eigenvalue weighted by molar-refractivity contribution is 0.411. The number of hydrogen-bond acceptors (Lipinski definition) is 4. The van der Waals surface area contributed by atoms with Crippen molar-refractivity contribution >= 4 is 49.5 Å². The Morgan fingerprint density at radius 3 is 2.85 bits per heavy atom. The number of imidazole rings is 1. The molecule has 0 aliphatic rings. The average Bonchev–Trinajstić information content (AvgIpc) is 3.27. The minimum Gasteiger partial charge on any atom is -0.495 e. The first-order valence-corrected chi connectivity index (χ1v) is 9.34. The summed E-state index contributed by atoms with van der Waals surface area (Å²) < 4.78 is 14.7. The van der Waals surface area contributed by atoms with Crippen molar-refractivity contribution in [2.45, 2.75) is 0 Å². The molecule has 0 aliphatic carbocycles. The van der Waals surface area contributed by atoms with Gasteiger partial charge in [0.15, 0.2) is 17.3 Å². The van der Waals surface area contributed by atoms with Crippen molar-refractivity contribution in [3.8, 4) is 17.2 Å². The van der Waals surface area contributed by atoms with Crippen LogP contribution in [0.25, 0.3) is 17.1 Å². The van der Waals surface area contributed by atoms with Gasteiger partial charge in [-0.1, -0.05) is 22.0 Å². The molecule has 3 aromatic heterocycles. The van der Waals surface area contributed by atoms with E-state index in [1.807, 2.05) is 53.1 Å². The van der Waals surface area contributed by atoms with Crippen LogP contribution < -0.4 is 4.74 Å². The van der Waals surface area contributed by atoms with E-state index in [-0.39, 0.29) is 0 Å². The number of benzene rings is 1. The fraction of sp³-hybridized carbons (Fsp3) is 0.0526. The molecular weight excluding hydrogens is 462 g/mol. The molecule has 4 aromatic rings. The number of aliphatic imine (C=N–C) groups is 1. The molecule has 0 unspecified atom stereocenters. The molecular formula is C19H13Br2N3O2. The fourth-order valence-electron chi connectivity index (χ4n) is 2.71. The van der Waals surface area contributed by atoms with Crippen LogP contribution >= 0.6 is 31.9 Å². The highest BCUT2D eigenvalue weighted by atomic mass is 79.9. The van der Waals surface area contributed by atoms with Gasteiger partial charge in [0.05, 0.1) is 17.8 Å². The Labute approximate surface area is 166 Å². The normalized spacial score (nSPS) is 11.5. The summed E-state index contributed by atoms with van der Waals surface area (Å²) in [4.78, 5) is 9.36. The van der Waals surface area contributed by atoms with Gasteiger partial charge in [0.2, 0.25) is 0 Å². The minimum absolute atomic E-state index is 0.670. The predicted octanol–water partition coefficient (Wildman–Crippen LogP) is 5.88. The maximum Gasteiger partial charge on any atom is 0.168 e. The van der Waals surface area contributed by atoms with Crippen LogP contribution in [0.3, 0.4) is 0 Å². The van der Waals surface area contributed by atoms with Gasteiger partial charge in [-0.25, -0.2) is 9.98 Å². The van der Waals surface area contributed by atoms with Crippen molar-refractivity contribution in [3.63, 3.8) is 0 Å². The molecule has 0 atom stereocenters. The lowest BCUT2D eigenvalue weighted by Crippen LogP contribution is -1.93. The highest BCUT2D eigenvalue weighted by Gasteiger charge is 2.15. The number of hydrogen-bond donors (Lipinski definition) is 0. The second kappa shape index (κ2) is 7.09. The van der Waals surface area contributed by atoms with Gasteiger partial charge in [0, 0.05) is 22.4 Å². The lowest BCUT2D eigenvalue weighted by atomic mass is 10.2. The summed E-state index contributed by atoms with van der Waals surface area (Å²) in [5.41, 5.74) is 2.32. The minimum atomic E-state index is 0.670. The van der Waals surface area contributed by atoms with Crippen LogP contribution in [0.2, 0.25) is 0 Å². The van der Waals surface area contributed by atoms with Crippen LogP contribution in [0, 0.1) is 0 Å². The van der Waals surface area contributed by atoms with Crippen LogP contribution in [0.1, 0.15) is 5.56 Å². The molecule has 0 bridgehead atoms. The van der Waals surface area contributed by atoms with E-state index in [1.165, 1.54) is 0 Å². The Morgan fingerprint density at radius 1 is 1.19 bits per heavy atom. The van der Waals surface area contributed by atoms with Crippen LogP contribution in [0.5, 0.6) is 5.75 Å². The summed E-state index contributed by atoms with van der Waals surface area (Å²) >= 11 is 7.01. The Hall–Kier alpha value is -2.38. The van der Waals surface area contributed by atoms with Crippen LogP contribution in [-0.4, -0.2) is 22.7 Å². The molecule has 5 nitrogen and oxygen atoms in total. The van der Waals surface area contributed by atoms with Gasteiger partial charge in [0.1, 0.15) is 11.4 Å². The van der Waals surface area contributed by atoms with E-state index >= 15 is 0 Å². The number of pyridine rings is 1. The topological polar surface area (TPSA) is 52.0 Å². The third-order valence-corrected chi connectivity index (χ3v) is 4.87. The molecule has 1 aromatic carbocycles. The molecule has 0 fully saturated rings. The van der Waals surface area contributed by atoms with E-state index in [4.69, 9.17) is 14.1 Å². The monoisotopic (exact) mass is 473 g/mol. The van der Waals surface area contributed by atoms with E-state index in [1.54, 1.807) is 19.6 Å². The molecule has 130 valence electrons. The van der Waals surface area contributed by atoms with Gasteiger partial charge in [-0.2, -0.15) is 0 Å². The second-order valence-corrected chi connectivity index (χ2v) is 7.23. The van der Waals surface area contributed by atoms with Gasteiger partial charge < -0.3 is 9.15 Å². The molecule has 0 radical (unpaired) electrons. The quantitative estimate of drug-likeness (QED) is 0.347. The van der Waals surface area contributed by atoms with E-state index in [0.29, 0.717) is 23.0 Å². The van der Waals surface area contributed by atoms with Crippen LogP contribution in [0.4, 0.5) is 5.82 Å². The van der Waals surface area contributed by atoms with Gasteiger partial charge in [-0.3, -0.25) is 4.40 Å². The molecule has 3 heterocycles. The summed E-state index contributed by atoms with van der Waals surface area (Å²) in [6, 6.07) is 13.4. The number of furan rings is 1. The molecule has 0 aliphatic heterocycles. The third kappa shape index (κ3) is 3.08. The smallest absolute Gasteiger partial charge is 0.168 e. The number of nitrogens with zero attached hydrogens (tertiary/aromatic N) is 3. The molecule has 0 saturated heterocycles. The van der Waals surface area contributed by atoms with E-state index < -0.39 is 0 Å². The zero-order chi connectivity index (χ0) is 18.1. The second-order valence-electron chi connectivity index (χ2n) is 5.46. The number of rotatable bonds is 4. The van der Waals surface area contributed by atoms with Gasteiger partial charge in [-0.05, 0) is 52.3 Å². The van der Waals surface area contributed by atoms with Crippen LogP contribution in [0.15, 0.2) is 73.3 Å². The Bertz CT molecular complexity index is 1100. The molecule has 26 heavy (non-hydrogen) atoms. The molecule has 0 amide bonds. The zero-order valence-corrected chi connectivity index (χ0v) is 16.9. The van der Waals surface area contributed by atoms with Crippen molar-refractivity contribution < 1.29 is 9.15 Å². The maximum atomic E-state index is 5.54. The van der Waals surface area contributed by atoms with Crippen molar-refractivity contribution in [1.29, 1.82) is 0 Å². The highest BCUT2D eigenvalue weighted by Crippen LogP contribution is 2.34. The molecule has 7 heteroatoms. The lowest BCUT2D eigenvalue weighted by Gasteiger charge is -2.07. The van der Waals surface area contributed by atoms with Crippen molar-refractivity contribution in [2.75, 3.05) is 7.11 Å². The molecule has 0 N–H and O–H groups in total.